The summed E-state index contributed by atoms with van der Waals surface area (Å²) in [5, 5.41) is 0. The van der Waals surface area contributed by atoms with E-state index in [1.165, 1.54) is 11.7 Å². The average molecular weight is 245 g/mol. The monoisotopic (exact) mass is 245 g/mol. The lowest BCUT2D eigenvalue weighted by Gasteiger charge is -2.10. The molecule has 0 saturated carbocycles. The minimum absolute atomic E-state index is 0.0642. The van der Waals surface area contributed by atoms with E-state index in [4.69, 9.17) is 4.74 Å². The van der Waals surface area contributed by atoms with E-state index in [-0.39, 0.29) is 5.56 Å². The molecule has 2 rings (SSSR count). The Morgan fingerprint density at radius 3 is 2.94 bits per heavy atom. The van der Waals surface area contributed by atoms with Crippen LogP contribution in [0.15, 0.2) is 29.2 Å². The highest BCUT2D eigenvalue weighted by Gasteiger charge is 2.23. The molecule has 1 aliphatic carbocycles. The van der Waals surface area contributed by atoms with Crippen LogP contribution in [0.3, 0.4) is 0 Å². The van der Waals surface area contributed by atoms with Crippen molar-refractivity contribution in [1.29, 1.82) is 0 Å². The SMILES string of the molecule is C=CCn1cc(C(=O)OC)c2c(c1=O)CC(C)=C2. The van der Waals surface area contributed by atoms with Gasteiger partial charge in [0.15, 0.2) is 0 Å². The van der Waals surface area contributed by atoms with Crippen LogP contribution in [0.2, 0.25) is 0 Å². The van der Waals surface area contributed by atoms with Gasteiger partial charge in [0.1, 0.15) is 0 Å². The van der Waals surface area contributed by atoms with Crippen molar-refractivity contribution in [3.8, 4) is 0 Å². The van der Waals surface area contributed by atoms with Crippen molar-refractivity contribution in [3.63, 3.8) is 0 Å². The molecule has 0 bridgehead atoms. The number of hydrogen-bond acceptors (Lipinski definition) is 3. The topological polar surface area (TPSA) is 48.3 Å². The van der Waals surface area contributed by atoms with Crippen LogP contribution in [-0.2, 0) is 17.7 Å². The number of carbonyl (C=O) groups is 1. The van der Waals surface area contributed by atoms with Crippen LogP contribution in [0.5, 0.6) is 0 Å². The summed E-state index contributed by atoms with van der Waals surface area (Å²) >= 11 is 0. The normalized spacial score (nSPS) is 12.9. The van der Waals surface area contributed by atoms with Gasteiger partial charge in [-0.05, 0) is 18.9 Å². The number of methoxy groups -OCH3 is 1. The molecule has 0 aliphatic heterocycles. The highest BCUT2D eigenvalue weighted by molar-refractivity contribution is 5.94. The van der Waals surface area contributed by atoms with Gasteiger partial charge in [-0.2, -0.15) is 0 Å². The van der Waals surface area contributed by atoms with Gasteiger partial charge in [-0.25, -0.2) is 4.79 Å². The molecule has 0 aromatic carbocycles. The van der Waals surface area contributed by atoms with E-state index in [2.05, 4.69) is 6.58 Å². The summed E-state index contributed by atoms with van der Waals surface area (Å²) in [5.74, 6) is -0.421. The summed E-state index contributed by atoms with van der Waals surface area (Å²) in [5.41, 5.74) is 2.81. The number of pyridine rings is 1. The van der Waals surface area contributed by atoms with Gasteiger partial charge in [-0.1, -0.05) is 17.7 Å². The maximum Gasteiger partial charge on any atom is 0.339 e. The van der Waals surface area contributed by atoms with Gasteiger partial charge in [0.05, 0.1) is 12.7 Å². The lowest BCUT2D eigenvalue weighted by molar-refractivity contribution is 0.0599. The number of allylic oxidation sites excluding steroid dienone is 2. The highest BCUT2D eigenvalue weighted by Crippen LogP contribution is 2.25. The predicted molar refractivity (Wildman–Crippen MR) is 69.6 cm³/mol. The lowest BCUT2D eigenvalue weighted by Crippen LogP contribution is -2.25. The number of carbonyl (C=O) groups excluding carboxylic acids is 1. The second-order valence-electron chi connectivity index (χ2n) is 4.34. The molecule has 1 aliphatic rings. The third-order valence-corrected chi connectivity index (χ3v) is 3.00. The van der Waals surface area contributed by atoms with Gasteiger partial charge in [0.2, 0.25) is 0 Å². The standard InChI is InChI=1S/C14H15NO3/c1-4-5-15-8-12(14(17)18-3)10-6-9(2)7-11(10)13(15)16/h4,6,8H,1,5,7H2,2-3H3. The minimum atomic E-state index is -0.421. The van der Waals surface area contributed by atoms with Gasteiger partial charge in [0, 0.05) is 18.3 Å². The Hall–Kier alpha value is -2.10. The molecule has 4 nitrogen and oxygen atoms in total. The van der Waals surface area contributed by atoms with Crippen molar-refractivity contribution < 1.29 is 9.53 Å². The molecule has 0 radical (unpaired) electrons. The van der Waals surface area contributed by atoms with Crippen LogP contribution in [0.1, 0.15) is 28.4 Å². The lowest BCUT2D eigenvalue weighted by atomic mass is 10.1. The van der Waals surface area contributed by atoms with Crippen LogP contribution in [0.25, 0.3) is 6.08 Å². The van der Waals surface area contributed by atoms with Crippen LogP contribution in [-0.4, -0.2) is 17.6 Å². The van der Waals surface area contributed by atoms with Crippen molar-refractivity contribution in [2.75, 3.05) is 7.11 Å². The van der Waals surface area contributed by atoms with Gasteiger partial charge < -0.3 is 9.30 Å². The molecule has 1 aromatic heterocycles. The number of rotatable bonds is 3. The average Bonchev–Trinajstić information content (AvgIpc) is 2.74. The van der Waals surface area contributed by atoms with E-state index in [1.54, 1.807) is 12.3 Å². The molecule has 0 amide bonds. The van der Waals surface area contributed by atoms with Gasteiger partial charge >= 0.3 is 5.97 Å². The maximum atomic E-state index is 12.2. The fourth-order valence-electron chi connectivity index (χ4n) is 2.19. The molecule has 1 heterocycles. The van der Waals surface area contributed by atoms with E-state index in [0.717, 1.165) is 5.57 Å². The molecule has 0 unspecified atom stereocenters. The first-order valence-electron chi connectivity index (χ1n) is 5.71. The predicted octanol–water partition coefficient (Wildman–Crippen LogP) is 1.78. The van der Waals surface area contributed by atoms with Crippen molar-refractivity contribution in [2.45, 2.75) is 19.9 Å². The number of hydrogen-bond donors (Lipinski definition) is 0. The Kier molecular flexibility index (Phi) is 3.19. The zero-order chi connectivity index (χ0) is 13.3. The van der Waals surface area contributed by atoms with E-state index in [1.807, 2.05) is 13.0 Å². The van der Waals surface area contributed by atoms with Crippen LogP contribution >= 0.6 is 0 Å². The Bertz CT molecular complexity index is 608. The molecule has 0 spiro atoms. The molecule has 0 atom stereocenters. The van der Waals surface area contributed by atoms with Crippen LogP contribution in [0, 0.1) is 0 Å². The molecule has 4 heteroatoms. The smallest absolute Gasteiger partial charge is 0.339 e. The van der Waals surface area contributed by atoms with Gasteiger partial charge in [0.25, 0.3) is 5.56 Å². The third-order valence-electron chi connectivity index (χ3n) is 3.00. The third kappa shape index (κ3) is 1.90. The Morgan fingerprint density at radius 2 is 2.33 bits per heavy atom. The Morgan fingerprint density at radius 1 is 1.61 bits per heavy atom. The first kappa shape index (κ1) is 12.4. The zero-order valence-electron chi connectivity index (χ0n) is 10.5. The fourth-order valence-corrected chi connectivity index (χ4v) is 2.19. The first-order valence-corrected chi connectivity index (χ1v) is 5.71. The Balaban J connectivity index is 2.69. The second kappa shape index (κ2) is 4.64. The highest BCUT2D eigenvalue weighted by atomic mass is 16.5. The Labute approximate surface area is 105 Å². The van der Waals surface area contributed by atoms with E-state index < -0.39 is 5.97 Å². The fraction of sp³-hybridized carbons (Fsp3) is 0.286. The minimum Gasteiger partial charge on any atom is -0.465 e. The van der Waals surface area contributed by atoms with Gasteiger partial charge in [-0.3, -0.25) is 4.79 Å². The summed E-state index contributed by atoms with van der Waals surface area (Å²) in [6.45, 7) is 5.94. The number of esters is 1. The van der Waals surface area contributed by atoms with Crippen molar-refractivity contribution in [2.24, 2.45) is 0 Å². The number of aromatic nitrogens is 1. The summed E-state index contributed by atoms with van der Waals surface area (Å²) in [7, 11) is 1.34. The molecule has 0 saturated heterocycles. The molecule has 18 heavy (non-hydrogen) atoms. The summed E-state index contributed by atoms with van der Waals surface area (Å²) in [6, 6.07) is 0. The number of nitrogens with zero attached hydrogens (tertiary/aromatic N) is 1. The largest absolute Gasteiger partial charge is 0.465 e. The van der Waals surface area contributed by atoms with Gasteiger partial charge in [-0.15, -0.1) is 6.58 Å². The summed E-state index contributed by atoms with van der Waals surface area (Å²) in [4.78, 5) is 23.9. The maximum absolute atomic E-state index is 12.2. The van der Waals surface area contributed by atoms with E-state index in [0.29, 0.717) is 29.7 Å². The number of fused-ring (bicyclic) bond motifs is 1. The second-order valence-corrected chi connectivity index (χ2v) is 4.34. The van der Waals surface area contributed by atoms with Crippen LogP contribution in [0.4, 0.5) is 0 Å². The molecule has 1 aromatic rings. The van der Waals surface area contributed by atoms with Crippen molar-refractivity contribution >= 4 is 12.0 Å². The molecule has 0 N–H and O–H groups in total. The van der Waals surface area contributed by atoms with Crippen LogP contribution < -0.4 is 5.56 Å². The summed E-state index contributed by atoms with van der Waals surface area (Å²) in [6.07, 6.45) is 5.64. The molecule has 94 valence electrons. The molecular weight excluding hydrogens is 230 g/mol. The quantitative estimate of drug-likeness (QED) is 0.602. The first-order chi connectivity index (χ1) is 8.58. The van der Waals surface area contributed by atoms with Crippen molar-refractivity contribution in [3.05, 3.63) is 51.5 Å². The van der Waals surface area contributed by atoms with E-state index in [9.17, 15) is 9.59 Å². The number of ether oxygens (including phenoxy) is 1. The molecular formula is C14H15NO3. The van der Waals surface area contributed by atoms with Crippen molar-refractivity contribution in [1.82, 2.24) is 4.57 Å². The van der Waals surface area contributed by atoms with E-state index >= 15 is 0 Å². The summed E-state index contributed by atoms with van der Waals surface area (Å²) < 4.78 is 6.25. The molecule has 0 fully saturated rings. The zero-order valence-corrected chi connectivity index (χ0v) is 10.5.